The highest BCUT2D eigenvalue weighted by Crippen LogP contribution is 2.31. The van der Waals surface area contributed by atoms with Gasteiger partial charge in [0.15, 0.2) is 0 Å². The molecule has 1 heterocycles. The summed E-state index contributed by atoms with van der Waals surface area (Å²) >= 11 is 4.92. The van der Waals surface area contributed by atoms with Crippen molar-refractivity contribution in [1.29, 1.82) is 0 Å². The maximum atomic E-state index is 10.7. The highest BCUT2D eigenvalue weighted by atomic mass is 79.9. The van der Waals surface area contributed by atoms with Crippen molar-refractivity contribution in [3.05, 3.63) is 54.7 Å². The van der Waals surface area contributed by atoms with E-state index in [0.717, 1.165) is 8.66 Å². The lowest BCUT2D eigenvalue weighted by Gasteiger charge is -2.12. The van der Waals surface area contributed by atoms with Gasteiger partial charge in [-0.25, -0.2) is 0 Å². The molecule has 1 aromatic heterocycles. The smallest absolute Gasteiger partial charge is 0.270 e. The predicted octanol–water partition coefficient (Wildman–Crippen LogP) is 4.05. The third kappa shape index (κ3) is 3.56. The van der Waals surface area contributed by atoms with Gasteiger partial charge in [-0.1, -0.05) is 0 Å². The summed E-state index contributed by atoms with van der Waals surface area (Å²) < 4.78 is 6.65. The molecule has 2 aromatic rings. The Morgan fingerprint density at radius 3 is 2.75 bits per heavy atom. The zero-order valence-corrected chi connectivity index (χ0v) is 13.0. The Morgan fingerprint density at radius 2 is 2.20 bits per heavy atom. The van der Waals surface area contributed by atoms with Crippen LogP contribution in [0.2, 0.25) is 0 Å². The monoisotopic (exact) mass is 357 g/mol. The van der Waals surface area contributed by atoms with Gasteiger partial charge < -0.3 is 9.84 Å². The van der Waals surface area contributed by atoms with E-state index in [1.165, 1.54) is 18.2 Å². The fraction of sp³-hybridized carbons (Fsp3) is 0.231. The third-order valence-electron chi connectivity index (χ3n) is 2.65. The molecule has 7 heteroatoms. The van der Waals surface area contributed by atoms with Crippen LogP contribution in [0.25, 0.3) is 0 Å². The van der Waals surface area contributed by atoms with Crippen molar-refractivity contribution >= 4 is 33.0 Å². The molecule has 0 aliphatic rings. The normalized spacial score (nSPS) is 12.2. The second kappa shape index (κ2) is 6.34. The molecular weight excluding hydrogens is 346 g/mol. The van der Waals surface area contributed by atoms with E-state index in [1.54, 1.807) is 18.3 Å². The Labute approximate surface area is 128 Å². The summed E-state index contributed by atoms with van der Waals surface area (Å²) in [7, 11) is 0. The van der Waals surface area contributed by atoms with Crippen molar-refractivity contribution < 1.29 is 14.8 Å². The SMILES string of the molecule is CC(O)c1cc([N+](=O)[O-])ccc1OCc1ccc(Br)s1. The number of non-ortho nitro benzene ring substituents is 1. The average Bonchev–Trinajstić information content (AvgIpc) is 2.81. The molecule has 0 aliphatic heterocycles. The molecule has 0 aliphatic carbocycles. The fourth-order valence-corrected chi connectivity index (χ4v) is 3.08. The van der Waals surface area contributed by atoms with E-state index in [2.05, 4.69) is 15.9 Å². The zero-order chi connectivity index (χ0) is 14.7. The van der Waals surface area contributed by atoms with Gasteiger partial charge in [0.25, 0.3) is 5.69 Å². The van der Waals surface area contributed by atoms with E-state index < -0.39 is 11.0 Å². The Kier molecular flexibility index (Phi) is 4.74. The first kappa shape index (κ1) is 15.0. The second-order valence-electron chi connectivity index (χ2n) is 4.15. The minimum atomic E-state index is -0.833. The molecule has 106 valence electrons. The molecule has 0 bridgehead atoms. The number of nitro benzene ring substituents is 1. The maximum absolute atomic E-state index is 10.7. The summed E-state index contributed by atoms with van der Waals surface area (Å²) in [5.41, 5.74) is 0.349. The minimum absolute atomic E-state index is 0.0629. The van der Waals surface area contributed by atoms with E-state index in [1.807, 2.05) is 12.1 Å². The van der Waals surface area contributed by atoms with Crippen molar-refractivity contribution in [2.45, 2.75) is 19.6 Å². The lowest BCUT2D eigenvalue weighted by Crippen LogP contribution is -2.01. The maximum Gasteiger partial charge on any atom is 0.270 e. The molecule has 1 unspecified atom stereocenters. The molecule has 0 fully saturated rings. The van der Waals surface area contributed by atoms with Gasteiger partial charge in [-0.3, -0.25) is 10.1 Å². The molecule has 0 saturated heterocycles. The standard InChI is InChI=1S/C13H12BrNO4S/c1-8(16)11-6-9(15(17)18)2-4-12(11)19-7-10-3-5-13(14)20-10/h2-6,8,16H,7H2,1H3. The van der Waals surface area contributed by atoms with Crippen molar-refractivity contribution in [2.24, 2.45) is 0 Å². The van der Waals surface area contributed by atoms with Crippen LogP contribution in [0.4, 0.5) is 5.69 Å². The van der Waals surface area contributed by atoms with Crippen LogP contribution < -0.4 is 4.74 Å². The van der Waals surface area contributed by atoms with Crippen LogP contribution in [-0.4, -0.2) is 10.0 Å². The van der Waals surface area contributed by atoms with E-state index in [0.29, 0.717) is 17.9 Å². The number of nitrogens with zero attached hydrogens (tertiary/aromatic N) is 1. The molecular formula is C13H12BrNO4S. The van der Waals surface area contributed by atoms with Crippen LogP contribution in [0, 0.1) is 10.1 Å². The molecule has 1 N–H and O–H groups in total. The molecule has 0 spiro atoms. The average molecular weight is 358 g/mol. The third-order valence-corrected chi connectivity index (χ3v) is 4.25. The number of hydrogen-bond acceptors (Lipinski definition) is 5. The molecule has 5 nitrogen and oxygen atoms in total. The lowest BCUT2D eigenvalue weighted by atomic mass is 10.1. The molecule has 0 radical (unpaired) electrons. The first-order valence-corrected chi connectivity index (χ1v) is 7.41. The summed E-state index contributed by atoms with van der Waals surface area (Å²) in [6.07, 6.45) is -0.833. The quantitative estimate of drug-likeness (QED) is 0.646. The van der Waals surface area contributed by atoms with Crippen LogP contribution >= 0.6 is 27.3 Å². The second-order valence-corrected chi connectivity index (χ2v) is 6.70. The number of nitro groups is 1. The van der Waals surface area contributed by atoms with Crippen LogP contribution in [-0.2, 0) is 6.61 Å². The Balaban J connectivity index is 2.20. The van der Waals surface area contributed by atoms with Gasteiger partial charge in [-0.05, 0) is 41.1 Å². The Hall–Kier alpha value is -1.44. The van der Waals surface area contributed by atoms with E-state index in [4.69, 9.17) is 4.74 Å². The Morgan fingerprint density at radius 1 is 1.45 bits per heavy atom. The number of benzene rings is 1. The molecule has 0 saturated carbocycles. The lowest BCUT2D eigenvalue weighted by molar-refractivity contribution is -0.385. The zero-order valence-electron chi connectivity index (χ0n) is 10.6. The molecule has 0 amide bonds. The van der Waals surface area contributed by atoms with E-state index in [-0.39, 0.29) is 5.69 Å². The minimum Gasteiger partial charge on any atom is -0.488 e. The summed E-state index contributed by atoms with van der Waals surface area (Å²) in [6, 6.07) is 8.08. The van der Waals surface area contributed by atoms with Crippen LogP contribution in [0.1, 0.15) is 23.5 Å². The summed E-state index contributed by atoms with van der Waals surface area (Å²) in [5.74, 6) is 0.454. The molecule has 1 aromatic carbocycles. The number of aliphatic hydroxyl groups is 1. The van der Waals surface area contributed by atoms with Crippen molar-refractivity contribution in [3.8, 4) is 5.75 Å². The highest BCUT2D eigenvalue weighted by molar-refractivity contribution is 9.11. The van der Waals surface area contributed by atoms with Crippen LogP contribution in [0.15, 0.2) is 34.1 Å². The number of hydrogen-bond donors (Lipinski definition) is 1. The van der Waals surface area contributed by atoms with Gasteiger partial charge in [-0.15, -0.1) is 11.3 Å². The largest absolute Gasteiger partial charge is 0.488 e. The Bertz CT molecular complexity index is 627. The van der Waals surface area contributed by atoms with Crippen molar-refractivity contribution in [3.63, 3.8) is 0 Å². The number of rotatable bonds is 5. The number of halogens is 1. The van der Waals surface area contributed by atoms with Gasteiger partial charge in [0.2, 0.25) is 0 Å². The van der Waals surface area contributed by atoms with Gasteiger partial charge in [0.1, 0.15) is 12.4 Å². The summed E-state index contributed by atoms with van der Waals surface area (Å²) in [4.78, 5) is 11.3. The molecule has 1 atom stereocenters. The summed E-state index contributed by atoms with van der Waals surface area (Å²) in [6.45, 7) is 1.90. The van der Waals surface area contributed by atoms with Crippen LogP contribution in [0.5, 0.6) is 5.75 Å². The fourth-order valence-electron chi connectivity index (χ4n) is 1.69. The van der Waals surface area contributed by atoms with Gasteiger partial charge in [-0.2, -0.15) is 0 Å². The van der Waals surface area contributed by atoms with E-state index >= 15 is 0 Å². The van der Waals surface area contributed by atoms with Crippen molar-refractivity contribution in [2.75, 3.05) is 0 Å². The van der Waals surface area contributed by atoms with Gasteiger partial charge >= 0.3 is 0 Å². The first-order chi connectivity index (χ1) is 9.47. The highest BCUT2D eigenvalue weighted by Gasteiger charge is 2.15. The molecule has 20 heavy (non-hydrogen) atoms. The molecule has 2 rings (SSSR count). The number of thiophene rings is 1. The van der Waals surface area contributed by atoms with E-state index in [9.17, 15) is 15.2 Å². The summed E-state index contributed by atoms with van der Waals surface area (Å²) in [5, 5.41) is 20.5. The van der Waals surface area contributed by atoms with Gasteiger partial charge in [0.05, 0.1) is 14.8 Å². The first-order valence-electron chi connectivity index (χ1n) is 5.81. The van der Waals surface area contributed by atoms with Gasteiger partial charge in [0, 0.05) is 22.6 Å². The predicted molar refractivity (Wildman–Crippen MR) is 80.1 cm³/mol. The topological polar surface area (TPSA) is 72.6 Å². The number of aliphatic hydroxyl groups excluding tert-OH is 1. The van der Waals surface area contributed by atoms with Crippen LogP contribution in [0.3, 0.4) is 0 Å². The van der Waals surface area contributed by atoms with Crippen molar-refractivity contribution in [1.82, 2.24) is 0 Å². The number of ether oxygens (including phenoxy) is 1.